The average Bonchev–Trinajstić information content (AvgIpc) is 3.30. The molecule has 2 aromatic rings. The predicted octanol–water partition coefficient (Wildman–Crippen LogP) is 3.62. The van der Waals surface area contributed by atoms with E-state index in [1.54, 1.807) is 0 Å². The van der Waals surface area contributed by atoms with Gasteiger partial charge in [-0.05, 0) is 36.5 Å². The Morgan fingerprint density at radius 2 is 1.80 bits per heavy atom. The van der Waals surface area contributed by atoms with Gasteiger partial charge in [0.1, 0.15) is 0 Å². The molecule has 0 heterocycles. The number of anilines is 1. The summed E-state index contributed by atoms with van der Waals surface area (Å²) in [6.07, 6.45) is 2.59. The number of hydrogen-bond acceptors (Lipinski definition) is 2. The first-order valence-corrected chi connectivity index (χ1v) is 7.38. The summed E-state index contributed by atoms with van der Waals surface area (Å²) in [4.78, 5) is 2.55. The summed E-state index contributed by atoms with van der Waals surface area (Å²) in [5.41, 5.74) is 11.2. The number of hydrogen-bond donors (Lipinski definition) is 1. The van der Waals surface area contributed by atoms with Gasteiger partial charge >= 0.3 is 0 Å². The van der Waals surface area contributed by atoms with E-state index in [0.717, 1.165) is 6.54 Å². The van der Waals surface area contributed by atoms with Crippen LogP contribution in [-0.4, -0.2) is 6.04 Å². The molecule has 2 aromatic carbocycles. The molecular weight excluding hydrogens is 244 g/mol. The van der Waals surface area contributed by atoms with Gasteiger partial charge in [0.2, 0.25) is 0 Å². The van der Waals surface area contributed by atoms with Crippen LogP contribution in [0.15, 0.2) is 48.5 Å². The molecule has 0 aromatic heterocycles. The van der Waals surface area contributed by atoms with E-state index in [1.165, 1.54) is 35.2 Å². The number of rotatable bonds is 5. The zero-order valence-electron chi connectivity index (χ0n) is 12.0. The fourth-order valence-electron chi connectivity index (χ4n) is 2.85. The second kappa shape index (κ2) is 5.68. The molecule has 0 amide bonds. The Hall–Kier alpha value is -1.80. The number of para-hydroxylation sites is 1. The molecule has 1 fully saturated rings. The minimum Gasteiger partial charge on any atom is -0.364 e. The van der Waals surface area contributed by atoms with E-state index in [4.69, 9.17) is 5.73 Å². The molecule has 0 bridgehead atoms. The van der Waals surface area contributed by atoms with Gasteiger partial charge in [-0.25, -0.2) is 0 Å². The van der Waals surface area contributed by atoms with Crippen LogP contribution in [0, 0.1) is 6.92 Å². The van der Waals surface area contributed by atoms with E-state index in [9.17, 15) is 0 Å². The zero-order chi connectivity index (χ0) is 13.9. The molecule has 2 nitrogen and oxygen atoms in total. The van der Waals surface area contributed by atoms with E-state index in [2.05, 4.69) is 60.4 Å². The van der Waals surface area contributed by atoms with Crippen LogP contribution in [0.4, 0.5) is 5.69 Å². The molecule has 2 heteroatoms. The van der Waals surface area contributed by atoms with Crippen molar-refractivity contribution >= 4 is 5.69 Å². The standard InChI is InChI=1S/C18H22N2/c1-14-6-5-9-16(12-19)18(14)20(17-10-11-17)13-15-7-3-2-4-8-15/h2-9,17H,10-13,19H2,1H3. The van der Waals surface area contributed by atoms with Crippen LogP contribution in [0.25, 0.3) is 0 Å². The van der Waals surface area contributed by atoms with Gasteiger partial charge in [-0.3, -0.25) is 0 Å². The molecule has 2 N–H and O–H groups in total. The van der Waals surface area contributed by atoms with E-state index >= 15 is 0 Å². The van der Waals surface area contributed by atoms with Crippen LogP contribution in [0.5, 0.6) is 0 Å². The number of nitrogens with two attached hydrogens (primary N) is 1. The highest BCUT2D eigenvalue weighted by Crippen LogP contribution is 2.36. The van der Waals surface area contributed by atoms with Gasteiger partial charge < -0.3 is 10.6 Å². The Morgan fingerprint density at radius 1 is 1.05 bits per heavy atom. The van der Waals surface area contributed by atoms with Crippen molar-refractivity contribution in [1.29, 1.82) is 0 Å². The Morgan fingerprint density at radius 3 is 2.45 bits per heavy atom. The van der Waals surface area contributed by atoms with Crippen molar-refractivity contribution < 1.29 is 0 Å². The Labute approximate surface area is 121 Å². The highest BCUT2D eigenvalue weighted by molar-refractivity contribution is 5.61. The zero-order valence-corrected chi connectivity index (χ0v) is 12.0. The van der Waals surface area contributed by atoms with Gasteiger partial charge in [0, 0.05) is 24.8 Å². The molecule has 0 radical (unpaired) electrons. The van der Waals surface area contributed by atoms with Crippen molar-refractivity contribution in [3.05, 3.63) is 65.2 Å². The summed E-state index contributed by atoms with van der Waals surface area (Å²) in [5.74, 6) is 0. The maximum Gasteiger partial charge on any atom is 0.0447 e. The quantitative estimate of drug-likeness (QED) is 0.895. The van der Waals surface area contributed by atoms with Crippen molar-refractivity contribution in [2.45, 2.75) is 38.9 Å². The summed E-state index contributed by atoms with van der Waals surface area (Å²) in [6.45, 7) is 3.77. The van der Waals surface area contributed by atoms with Crippen LogP contribution in [0.3, 0.4) is 0 Å². The van der Waals surface area contributed by atoms with Crippen molar-refractivity contribution in [1.82, 2.24) is 0 Å². The second-order valence-electron chi connectivity index (χ2n) is 5.63. The van der Waals surface area contributed by atoms with Gasteiger partial charge in [-0.2, -0.15) is 0 Å². The Bertz CT molecular complexity index is 573. The first kappa shape index (κ1) is 13.2. The third-order valence-corrected chi connectivity index (χ3v) is 4.01. The monoisotopic (exact) mass is 266 g/mol. The summed E-state index contributed by atoms with van der Waals surface area (Å²) in [5, 5.41) is 0. The first-order chi connectivity index (χ1) is 9.79. The van der Waals surface area contributed by atoms with Crippen molar-refractivity contribution in [2.24, 2.45) is 5.73 Å². The van der Waals surface area contributed by atoms with Crippen LogP contribution in [0.1, 0.15) is 29.5 Å². The lowest BCUT2D eigenvalue weighted by molar-refractivity contribution is 0.782. The van der Waals surface area contributed by atoms with Crippen molar-refractivity contribution in [2.75, 3.05) is 4.90 Å². The highest BCUT2D eigenvalue weighted by Gasteiger charge is 2.31. The van der Waals surface area contributed by atoms with E-state index in [1.807, 2.05) is 0 Å². The van der Waals surface area contributed by atoms with E-state index in [0.29, 0.717) is 12.6 Å². The molecule has 0 spiro atoms. The van der Waals surface area contributed by atoms with Crippen LogP contribution >= 0.6 is 0 Å². The van der Waals surface area contributed by atoms with Gasteiger partial charge in [0.25, 0.3) is 0 Å². The lowest BCUT2D eigenvalue weighted by Gasteiger charge is -2.29. The molecule has 0 saturated heterocycles. The Balaban J connectivity index is 1.95. The second-order valence-corrected chi connectivity index (χ2v) is 5.63. The largest absolute Gasteiger partial charge is 0.364 e. The molecule has 0 atom stereocenters. The topological polar surface area (TPSA) is 29.3 Å². The summed E-state index contributed by atoms with van der Waals surface area (Å²) in [7, 11) is 0. The third kappa shape index (κ3) is 2.70. The maximum atomic E-state index is 5.94. The lowest BCUT2D eigenvalue weighted by Crippen LogP contribution is -2.27. The van der Waals surface area contributed by atoms with Crippen LogP contribution in [-0.2, 0) is 13.1 Å². The molecule has 20 heavy (non-hydrogen) atoms. The third-order valence-electron chi connectivity index (χ3n) is 4.01. The number of aryl methyl sites for hydroxylation is 1. The van der Waals surface area contributed by atoms with Crippen molar-refractivity contribution in [3.63, 3.8) is 0 Å². The fraction of sp³-hybridized carbons (Fsp3) is 0.333. The van der Waals surface area contributed by atoms with Crippen LogP contribution < -0.4 is 10.6 Å². The minimum absolute atomic E-state index is 0.606. The van der Waals surface area contributed by atoms with Crippen LogP contribution in [0.2, 0.25) is 0 Å². The normalized spacial score (nSPS) is 14.3. The van der Waals surface area contributed by atoms with Crippen molar-refractivity contribution in [3.8, 4) is 0 Å². The highest BCUT2D eigenvalue weighted by atomic mass is 15.2. The summed E-state index contributed by atoms with van der Waals surface area (Å²) < 4.78 is 0. The molecular formula is C18H22N2. The molecule has 1 saturated carbocycles. The molecule has 1 aliphatic rings. The molecule has 0 unspecified atom stereocenters. The average molecular weight is 266 g/mol. The smallest absolute Gasteiger partial charge is 0.0447 e. The van der Waals surface area contributed by atoms with Gasteiger partial charge in [-0.15, -0.1) is 0 Å². The van der Waals surface area contributed by atoms with Gasteiger partial charge in [0.15, 0.2) is 0 Å². The molecule has 104 valence electrons. The summed E-state index contributed by atoms with van der Waals surface area (Å²) in [6, 6.07) is 17.8. The molecule has 1 aliphatic carbocycles. The molecule has 0 aliphatic heterocycles. The first-order valence-electron chi connectivity index (χ1n) is 7.38. The summed E-state index contributed by atoms with van der Waals surface area (Å²) >= 11 is 0. The predicted molar refractivity (Wildman–Crippen MR) is 84.7 cm³/mol. The Kier molecular flexibility index (Phi) is 3.75. The SMILES string of the molecule is Cc1cccc(CN)c1N(Cc1ccccc1)C1CC1. The van der Waals surface area contributed by atoms with Gasteiger partial charge in [0.05, 0.1) is 0 Å². The number of nitrogens with zero attached hydrogens (tertiary/aromatic N) is 1. The number of benzene rings is 2. The minimum atomic E-state index is 0.606. The molecule has 3 rings (SSSR count). The van der Waals surface area contributed by atoms with E-state index < -0.39 is 0 Å². The van der Waals surface area contributed by atoms with Gasteiger partial charge in [-0.1, -0.05) is 48.5 Å². The lowest BCUT2D eigenvalue weighted by atomic mass is 10.1. The fourth-order valence-corrected chi connectivity index (χ4v) is 2.85. The maximum absolute atomic E-state index is 5.94. The van der Waals surface area contributed by atoms with E-state index in [-0.39, 0.29) is 0 Å².